The van der Waals surface area contributed by atoms with Crippen molar-refractivity contribution in [2.45, 2.75) is 55.5 Å². The van der Waals surface area contributed by atoms with Crippen molar-refractivity contribution < 1.29 is 170 Å². The predicted octanol–water partition coefficient (Wildman–Crippen LogP) is -9.94. The number of carbonyl (C=O) groups excluding carboxylic acids is 1. The van der Waals surface area contributed by atoms with Gasteiger partial charge in [0.1, 0.15) is 48.5 Å². The van der Waals surface area contributed by atoms with Crippen LogP contribution in [0.1, 0.15) is 12.6 Å². The molecular weight excluding hydrogens is 714 g/mol. The van der Waals surface area contributed by atoms with E-state index in [1.165, 1.54) is 28.2 Å². The Morgan fingerprint density at radius 2 is 1.52 bits per heavy atom. The van der Waals surface area contributed by atoms with Crippen LogP contribution < -0.4 is 124 Å². The van der Waals surface area contributed by atoms with Gasteiger partial charge in [0.25, 0.3) is 15.6 Å². The number of fused-ring (bicyclic) bond motifs is 1. The second kappa shape index (κ2) is 16.6. The number of nitrogen functional groups attached to an aromatic ring is 1. The summed E-state index contributed by atoms with van der Waals surface area (Å²) in [6.45, 7) is -1.97. The van der Waals surface area contributed by atoms with Crippen molar-refractivity contribution in [1.82, 2.24) is 24.4 Å². The fraction of sp³-hybridized carbons (Fsp3) is 0.524. The monoisotopic (exact) mass is 741 g/mol. The van der Waals surface area contributed by atoms with Crippen LogP contribution in [0, 0.1) is 0 Å². The van der Waals surface area contributed by atoms with Crippen molar-refractivity contribution in [1.29, 1.82) is 0 Å². The average molecular weight is 742 g/mol. The van der Waals surface area contributed by atoms with Gasteiger partial charge >= 0.3 is 103 Å². The maximum atomic E-state index is 12.3. The maximum absolute atomic E-state index is 12.3. The van der Waals surface area contributed by atoms with Crippen molar-refractivity contribution in [3.8, 4) is 0 Å². The second-order valence-corrected chi connectivity index (χ2v) is 12.8. The molecule has 0 saturated carbocycles. The fourth-order valence-corrected chi connectivity index (χ4v) is 6.68. The molecule has 25 heteroatoms. The van der Waals surface area contributed by atoms with Crippen molar-refractivity contribution in [2.24, 2.45) is 5.73 Å². The van der Waals surface area contributed by atoms with E-state index in [2.05, 4.69) is 28.3 Å². The van der Waals surface area contributed by atoms with Crippen molar-refractivity contribution in [2.75, 3.05) is 18.9 Å². The van der Waals surface area contributed by atoms with Crippen LogP contribution >= 0.6 is 15.6 Å². The predicted molar refractivity (Wildman–Crippen MR) is 137 cm³/mol. The van der Waals surface area contributed by atoms with Gasteiger partial charge in [-0.05, 0) is 6.42 Å². The molecule has 0 radical (unpaired) electrons. The Morgan fingerprint density at radius 1 is 0.957 bits per heavy atom. The minimum atomic E-state index is -5.68. The fourth-order valence-electron chi connectivity index (χ4n) is 4.66. The Hall–Kier alpha value is 0.393. The number of phosphoric ester groups is 2. The summed E-state index contributed by atoms with van der Waals surface area (Å²) < 4.78 is 49.9. The number of rotatable bonds is 11. The normalized spacial score (nSPS) is 31.9. The van der Waals surface area contributed by atoms with Crippen molar-refractivity contribution >= 4 is 38.5 Å². The van der Waals surface area contributed by atoms with Gasteiger partial charge in [-0.3, -0.25) is 18.5 Å². The first-order chi connectivity index (χ1) is 20.7. The van der Waals surface area contributed by atoms with Crippen LogP contribution in [-0.2, 0) is 36.8 Å². The minimum Gasteiger partial charge on any atom is -0.756 e. The van der Waals surface area contributed by atoms with Gasteiger partial charge in [0.2, 0.25) is 5.91 Å². The van der Waals surface area contributed by atoms with Crippen LogP contribution in [0.25, 0.3) is 11.2 Å². The number of amides is 1. The average Bonchev–Trinajstić information content (AvgIpc) is 3.61. The first-order valence-electron chi connectivity index (χ1n) is 12.7. The van der Waals surface area contributed by atoms with Gasteiger partial charge in [-0.2, -0.15) is 0 Å². The number of allylic oxidation sites excluding steroid dienone is 1. The number of anilines is 1. The van der Waals surface area contributed by atoms with E-state index in [4.69, 9.17) is 20.9 Å². The van der Waals surface area contributed by atoms with Gasteiger partial charge in [0.15, 0.2) is 23.9 Å². The van der Waals surface area contributed by atoms with Crippen LogP contribution in [-0.4, -0.2) is 107 Å². The number of nitrogens with two attached hydrogens (primary N) is 2. The van der Waals surface area contributed by atoms with E-state index in [-0.39, 0.29) is 132 Å². The number of hydrogen-bond donors (Lipinski definition) is 6. The molecule has 3 aliphatic heterocycles. The first kappa shape index (κ1) is 40.8. The van der Waals surface area contributed by atoms with E-state index in [0.29, 0.717) is 0 Å². The molecule has 0 bridgehead atoms. The molecule has 2 unspecified atom stereocenters. The Labute approximate surface area is 345 Å². The summed E-state index contributed by atoms with van der Waals surface area (Å²) in [5, 5.41) is 41.5. The Morgan fingerprint density at radius 3 is 2.11 bits per heavy atom. The molecule has 242 valence electrons. The number of nitrogens with zero attached hydrogens (tertiary/aromatic N) is 5. The molecular formula is C21H27K2N7O14P2. The minimum absolute atomic E-state index is 0. The van der Waals surface area contributed by atoms with E-state index >= 15 is 0 Å². The Balaban J connectivity index is 0.00000288. The molecule has 2 fully saturated rings. The van der Waals surface area contributed by atoms with Crippen LogP contribution in [0.2, 0.25) is 0 Å². The molecule has 5 rings (SSSR count). The van der Waals surface area contributed by atoms with E-state index < -0.39 is 83.8 Å². The smallest absolute Gasteiger partial charge is 0.756 e. The summed E-state index contributed by atoms with van der Waals surface area (Å²) in [5.74, 6) is -0.686. The first-order valence-corrected chi connectivity index (χ1v) is 15.6. The summed E-state index contributed by atoms with van der Waals surface area (Å²) >= 11 is 0. The number of aliphatic hydroxyl groups is 4. The number of ether oxygens (including phenoxy) is 2. The zero-order chi connectivity index (χ0) is 32.0. The van der Waals surface area contributed by atoms with Gasteiger partial charge in [-0.15, -0.1) is 0 Å². The number of aliphatic hydroxyl groups excluding tert-OH is 4. The molecule has 5 heterocycles. The molecule has 0 aliphatic carbocycles. The number of carbonyl (C=O) groups is 1. The van der Waals surface area contributed by atoms with Gasteiger partial charge in [-0.25, -0.2) is 19.3 Å². The molecule has 2 saturated heterocycles. The standard InChI is InChI=1S/C21H29N7O14P2.2K/c22-17-12-19(25-7-24-17)28(8-26-12)21-16(32)14(30)11(41-21)6-39-44(36,37)42-43(34,35)38-5-10-13(29)15(31)20(40-10)27-3-1-2-9(4-27)18(23)33;;/h1,3-4,7-8,10-11,13-16,20-21,29-32H,2,5-6H2,(H2,23,33)(H,34,35)(H,36,37)(H2,22,24,25);;/q;2*+1/p-2/t10-,11-,13-,14-,15-,16-,20-,21-;;/m1../s1. The molecule has 10 atom stereocenters. The number of phosphoric acid groups is 2. The largest absolute Gasteiger partial charge is 1.00 e. The quantitative estimate of drug-likeness (QED) is 0.0920. The third-order valence-electron chi connectivity index (χ3n) is 6.86. The number of primary amides is 1. The molecule has 21 nitrogen and oxygen atoms in total. The number of imidazole rings is 1. The SMILES string of the molecule is NC(=O)C1=CN([C@@H]2O[C@H](COP(=O)([O-])OP(=O)([O-])OC[C@H]3O[C@@H](n4cnc5c(N)ncnc54)[C@H](O)[C@@H]3O)[C@@H](O)[C@H]2O)C=CC1.[K+].[K+]. The molecule has 2 aromatic rings. The molecule has 3 aliphatic rings. The molecule has 46 heavy (non-hydrogen) atoms. The van der Waals surface area contributed by atoms with Crippen LogP contribution in [0.3, 0.4) is 0 Å². The van der Waals surface area contributed by atoms with Crippen LogP contribution in [0.4, 0.5) is 5.82 Å². The number of hydrogen-bond acceptors (Lipinski definition) is 19. The summed E-state index contributed by atoms with van der Waals surface area (Å²) in [4.78, 5) is 49.0. The van der Waals surface area contributed by atoms with Gasteiger partial charge in [0, 0.05) is 18.0 Å². The van der Waals surface area contributed by atoms with E-state index in [0.717, 1.165) is 6.33 Å². The molecule has 8 N–H and O–H groups in total. The molecule has 2 aromatic heterocycles. The third kappa shape index (κ3) is 9.19. The Kier molecular flexibility index (Phi) is 14.7. The topological polar surface area (TPSA) is 323 Å². The van der Waals surface area contributed by atoms with Crippen molar-refractivity contribution in [3.63, 3.8) is 0 Å². The zero-order valence-corrected chi connectivity index (χ0v) is 32.3. The van der Waals surface area contributed by atoms with Crippen molar-refractivity contribution in [3.05, 3.63) is 36.7 Å². The summed E-state index contributed by atoms with van der Waals surface area (Å²) in [6.07, 6.45) is -5.32. The number of aromatic nitrogens is 4. The van der Waals surface area contributed by atoms with E-state index in [1.807, 2.05) is 0 Å². The zero-order valence-electron chi connectivity index (χ0n) is 24.3. The van der Waals surface area contributed by atoms with E-state index in [1.54, 1.807) is 6.08 Å². The summed E-state index contributed by atoms with van der Waals surface area (Å²) in [7, 11) is -11.4. The Bertz CT molecular complexity index is 1570. The molecule has 1 amide bonds. The van der Waals surface area contributed by atoms with Gasteiger partial charge in [0.05, 0.1) is 19.5 Å². The van der Waals surface area contributed by atoms with E-state index in [9.17, 15) is 44.1 Å². The van der Waals surface area contributed by atoms with Gasteiger partial charge < -0.3 is 65.1 Å². The second-order valence-electron chi connectivity index (χ2n) is 9.80. The maximum Gasteiger partial charge on any atom is 1.00 e. The summed E-state index contributed by atoms with van der Waals surface area (Å²) in [5.41, 5.74) is 11.5. The molecule has 0 spiro atoms. The molecule has 0 aromatic carbocycles. The summed E-state index contributed by atoms with van der Waals surface area (Å²) in [6, 6.07) is 0. The van der Waals surface area contributed by atoms with Crippen LogP contribution in [0.5, 0.6) is 0 Å². The van der Waals surface area contributed by atoms with Gasteiger partial charge in [-0.1, -0.05) is 6.08 Å². The third-order valence-corrected chi connectivity index (χ3v) is 9.39. The van der Waals surface area contributed by atoms with Crippen LogP contribution in [0.15, 0.2) is 36.7 Å².